The van der Waals surface area contributed by atoms with E-state index in [1.54, 1.807) is 25.4 Å². The summed E-state index contributed by atoms with van der Waals surface area (Å²) in [6, 6.07) is 9.17. The van der Waals surface area contributed by atoms with Gasteiger partial charge in [0.2, 0.25) is 5.75 Å². The molecule has 0 spiro atoms. The Balaban J connectivity index is 1.95. The Morgan fingerprint density at radius 1 is 1.12 bits per heavy atom. The van der Waals surface area contributed by atoms with Crippen LogP contribution in [0.2, 0.25) is 0 Å². The number of likely N-dealkylation sites (tertiary alicyclic amines) is 1. The van der Waals surface area contributed by atoms with Crippen molar-refractivity contribution in [3.05, 3.63) is 47.8 Å². The summed E-state index contributed by atoms with van der Waals surface area (Å²) in [5.74, 6) is 1.36. The fourth-order valence-electron chi connectivity index (χ4n) is 3.26. The second kappa shape index (κ2) is 7.42. The van der Waals surface area contributed by atoms with Crippen molar-refractivity contribution in [3.8, 4) is 17.2 Å². The van der Waals surface area contributed by atoms with Gasteiger partial charge in [-0.05, 0) is 37.1 Å². The van der Waals surface area contributed by atoms with Crippen molar-refractivity contribution in [2.45, 2.75) is 18.9 Å². The van der Waals surface area contributed by atoms with Crippen LogP contribution in [-0.2, 0) is 0 Å². The van der Waals surface area contributed by atoms with Crippen LogP contribution >= 0.6 is 0 Å². The lowest BCUT2D eigenvalue weighted by molar-refractivity contribution is 0.0732. The molecule has 2 heterocycles. The Bertz CT molecular complexity index is 723. The predicted molar refractivity (Wildman–Crippen MR) is 93.3 cm³/mol. The highest BCUT2D eigenvalue weighted by Crippen LogP contribution is 2.40. The molecule has 132 valence electrons. The van der Waals surface area contributed by atoms with E-state index in [9.17, 15) is 4.79 Å². The normalized spacial score (nSPS) is 16.6. The third-order valence-corrected chi connectivity index (χ3v) is 4.45. The van der Waals surface area contributed by atoms with Gasteiger partial charge in [0.05, 0.1) is 33.1 Å². The van der Waals surface area contributed by atoms with E-state index in [0.29, 0.717) is 29.4 Å². The molecule has 6 nitrogen and oxygen atoms in total. The van der Waals surface area contributed by atoms with Crippen LogP contribution < -0.4 is 14.2 Å². The van der Waals surface area contributed by atoms with E-state index in [0.717, 1.165) is 18.5 Å². The minimum atomic E-state index is -0.0626. The van der Waals surface area contributed by atoms with Crippen molar-refractivity contribution < 1.29 is 19.0 Å². The molecule has 25 heavy (non-hydrogen) atoms. The number of aromatic nitrogens is 1. The Morgan fingerprint density at radius 2 is 1.84 bits per heavy atom. The number of hydrogen-bond donors (Lipinski definition) is 0. The average molecular weight is 342 g/mol. The molecule has 2 aromatic rings. The molecule has 1 fully saturated rings. The van der Waals surface area contributed by atoms with Crippen LogP contribution in [0.15, 0.2) is 36.5 Å². The molecule has 6 heteroatoms. The van der Waals surface area contributed by atoms with Gasteiger partial charge in [-0.25, -0.2) is 0 Å². The maximum atomic E-state index is 13.1. The highest BCUT2D eigenvalue weighted by molar-refractivity contribution is 5.96. The van der Waals surface area contributed by atoms with Gasteiger partial charge in [-0.3, -0.25) is 9.78 Å². The van der Waals surface area contributed by atoms with Crippen LogP contribution in [0.1, 0.15) is 34.9 Å². The molecule has 0 unspecified atom stereocenters. The second-order valence-electron chi connectivity index (χ2n) is 5.83. The molecule has 1 aliphatic heterocycles. The van der Waals surface area contributed by atoms with Gasteiger partial charge in [-0.1, -0.05) is 6.07 Å². The van der Waals surface area contributed by atoms with Crippen molar-refractivity contribution in [1.82, 2.24) is 9.88 Å². The third kappa shape index (κ3) is 3.24. The van der Waals surface area contributed by atoms with Crippen LogP contribution in [0, 0.1) is 0 Å². The molecule has 0 bridgehead atoms. The van der Waals surface area contributed by atoms with Crippen molar-refractivity contribution in [1.29, 1.82) is 0 Å². The lowest BCUT2D eigenvalue weighted by Crippen LogP contribution is -2.31. The largest absolute Gasteiger partial charge is 0.493 e. The summed E-state index contributed by atoms with van der Waals surface area (Å²) < 4.78 is 16.0. The van der Waals surface area contributed by atoms with E-state index in [2.05, 4.69) is 4.98 Å². The number of carbonyl (C=O) groups excluding carboxylic acids is 1. The molecule has 0 radical (unpaired) electrons. The highest BCUT2D eigenvalue weighted by Gasteiger charge is 2.32. The van der Waals surface area contributed by atoms with Gasteiger partial charge in [0.25, 0.3) is 5.91 Å². The molecule has 1 aliphatic rings. The molecule has 0 N–H and O–H groups in total. The van der Waals surface area contributed by atoms with Crippen molar-refractivity contribution >= 4 is 5.91 Å². The molecular formula is C19H22N2O4. The number of nitrogens with zero attached hydrogens (tertiary/aromatic N) is 2. The Hall–Kier alpha value is -2.76. The zero-order valence-electron chi connectivity index (χ0n) is 14.7. The first-order chi connectivity index (χ1) is 12.2. The molecule has 1 atom stereocenters. The van der Waals surface area contributed by atoms with Crippen LogP contribution in [-0.4, -0.2) is 43.7 Å². The van der Waals surface area contributed by atoms with Gasteiger partial charge in [-0.15, -0.1) is 0 Å². The Labute approximate surface area is 147 Å². The van der Waals surface area contributed by atoms with Crippen molar-refractivity contribution in [2.75, 3.05) is 27.9 Å². The van der Waals surface area contributed by atoms with Gasteiger partial charge in [0.1, 0.15) is 0 Å². The molecule has 3 rings (SSSR count). The summed E-state index contributed by atoms with van der Waals surface area (Å²) in [7, 11) is 4.62. The number of amides is 1. The highest BCUT2D eigenvalue weighted by atomic mass is 16.5. The first kappa shape index (κ1) is 17.1. The van der Waals surface area contributed by atoms with Gasteiger partial charge in [0.15, 0.2) is 11.5 Å². The van der Waals surface area contributed by atoms with E-state index < -0.39 is 0 Å². The van der Waals surface area contributed by atoms with Gasteiger partial charge in [-0.2, -0.15) is 0 Å². The summed E-state index contributed by atoms with van der Waals surface area (Å²) in [5, 5.41) is 0. The van der Waals surface area contributed by atoms with Crippen molar-refractivity contribution in [3.63, 3.8) is 0 Å². The first-order valence-electron chi connectivity index (χ1n) is 8.21. The van der Waals surface area contributed by atoms with E-state index in [-0.39, 0.29) is 11.9 Å². The van der Waals surface area contributed by atoms with Crippen LogP contribution in [0.4, 0.5) is 0 Å². The molecule has 0 saturated carbocycles. The minimum Gasteiger partial charge on any atom is -0.493 e. The predicted octanol–water partition coefficient (Wildman–Crippen LogP) is 3.08. The fraction of sp³-hybridized carbons (Fsp3) is 0.368. The first-order valence-corrected chi connectivity index (χ1v) is 8.21. The number of rotatable bonds is 5. The topological polar surface area (TPSA) is 60.9 Å². The maximum absolute atomic E-state index is 13.1. The van der Waals surface area contributed by atoms with Crippen LogP contribution in [0.5, 0.6) is 17.2 Å². The Kier molecular flexibility index (Phi) is 5.07. The lowest BCUT2D eigenvalue weighted by Gasteiger charge is -2.25. The summed E-state index contributed by atoms with van der Waals surface area (Å²) in [6.45, 7) is 0.705. The minimum absolute atomic E-state index is 0.00667. The number of methoxy groups -OCH3 is 3. The molecule has 1 aromatic carbocycles. The lowest BCUT2D eigenvalue weighted by atomic mass is 10.1. The monoisotopic (exact) mass is 342 g/mol. The zero-order chi connectivity index (χ0) is 17.8. The van der Waals surface area contributed by atoms with Crippen LogP contribution in [0.25, 0.3) is 0 Å². The SMILES string of the molecule is COc1cc(C(=O)N2CCC[C@@H]2c2ccccn2)cc(OC)c1OC. The van der Waals surface area contributed by atoms with E-state index in [4.69, 9.17) is 14.2 Å². The molecule has 1 aromatic heterocycles. The van der Waals surface area contributed by atoms with Gasteiger partial charge in [0, 0.05) is 18.3 Å². The zero-order valence-corrected chi connectivity index (χ0v) is 14.7. The summed E-state index contributed by atoms with van der Waals surface area (Å²) in [6.07, 6.45) is 3.63. The summed E-state index contributed by atoms with van der Waals surface area (Å²) in [4.78, 5) is 19.4. The number of benzene rings is 1. The number of ether oxygens (including phenoxy) is 3. The van der Waals surface area contributed by atoms with Crippen molar-refractivity contribution in [2.24, 2.45) is 0 Å². The fourth-order valence-corrected chi connectivity index (χ4v) is 3.26. The maximum Gasteiger partial charge on any atom is 0.254 e. The standard InChI is InChI=1S/C19H22N2O4/c1-23-16-11-13(12-17(24-2)18(16)25-3)19(22)21-10-6-8-15(21)14-7-4-5-9-20-14/h4-5,7,9,11-12,15H,6,8,10H2,1-3H3/t15-/m1/s1. The number of hydrogen-bond acceptors (Lipinski definition) is 5. The van der Waals surface area contributed by atoms with E-state index in [1.807, 2.05) is 23.1 Å². The molecule has 1 saturated heterocycles. The average Bonchev–Trinajstić information content (AvgIpc) is 3.16. The van der Waals surface area contributed by atoms with Gasteiger partial charge >= 0.3 is 0 Å². The third-order valence-electron chi connectivity index (χ3n) is 4.45. The molecular weight excluding hydrogens is 320 g/mol. The molecule has 0 aliphatic carbocycles. The summed E-state index contributed by atoms with van der Waals surface area (Å²) in [5.41, 5.74) is 1.43. The van der Waals surface area contributed by atoms with E-state index >= 15 is 0 Å². The van der Waals surface area contributed by atoms with Crippen LogP contribution in [0.3, 0.4) is 0 Å². The summed E-state index contributed by atoms with van der Waals surface area (Å²) >= 11 is 0. The smallest absolute Gasteiger partial charge is 0.254 e. The van der Waals surface area contributed by atoms with Gasteiger partial charge < -0.3 is 19.1 Å². The molecule has 1 amide bonds. The van der Waals surface area contributed by atoms with E-state index in [1.165, 1.54) is 14.2 Å². The quantitative estimate of drug-likeness (QED) is 0.836. The Morgan fingerprint density at radius 3 is 2.40 bits per heavy atom. The number of carbonyl (C=O) groups is 1. The second-order valence-corrected chi connectivity index (χ2v) is 5.83. The number of pyridine rings is 1.